The molecule has 5 aromatic carbocycles. The maximum atomic E-state index is 13.0. The van der Waals surface area contributed by atoms with Crippen LogP contribution < -0.4 is 5.32 Å². The number of rotatable bonds is 10. The summed E-state index contributed by atoms with van der Waals surface area (Å²) in [7, 11) is 0. The third-order valence-corrected chi connectivity index (χ3v) is 8.80. The van der Waals surface area contributed by atoms with Gasteiger partial charge in [-0.2, -0.15) is 24.9 Å². The number of para-hydroxylation sites is 2. The fraction of sp³-hybridized carbons (Fsp3) is 0.135. The molecule has 1 unspecified atom stereocenters. The maximum absolute atomic E-state index is 13.0. The van der Waals surface area contributed by atoms with Crippen molar-refractivity contribution in [3.8, 4) is 22.3 Å². The fourth-order valence-corrected chi connectivity index (χ4v) is 6.38. The molecular weight excluding hydrogens is 611 g/mol. The van der Waals surface area contributed by atoms with Crippen molar-refractivity contribution in [2.45, 2.75) is 24.4 Å². The van der Waals surface area contributed by atoms with Gasteiger partial charge in [-0.1, -0.05) is 103 Å². The third kappa shape index (κ3) is 6.94. The van der Waals surface area contributed by atoms with E-state index in [4.69, 9.17) is 4.42 Å². The Kier molecular flexibility index (Phi) is 8.85. The van der Waals surface area contributed by atoms with Crippen LogP contribution in [0.2, 0.25) is 0 Å². The van der Waals surface area contributed by atoms with Gasteiger partial charge in [0.2, 0.25) is 5.91 Å². The second-order valence-corrected chi connectivity index (χ2v) is 11.9. The van der Waals surface area contributed by atoms with E-state index < -0.39 is 29.7 Å². The molecule has 2 N–H and O–H groups in total. The number of carbonyl (C=O) groups excluding carboxylic acids is 1. The molecule has 6 aromatic rings. The Morgan fingerprint density at radius 1 is 0.761 bits per heavy atom. The minimum Gasteiger partial charge on any atom is -0.480 e. The Morgan fingerprint density at radius 3 is 2.13 bits per heavy atom. The Balaban J connectivity index is 1.05. The number of carboxylic acid groups (broad SMARTS) is 1. The van der Waals surface area contributed by atoms with Crippen LogP contribution in [0.15, 0.2) is 120 Å². The molecule has 0 radical (unpaired) electrons. The van der Waals surface area contributed by atoms with Crippen LogP contribution in [0.5, 0.6) is 0 Å². The van der Waals surface area contributed by atoms with Gasteiger partial charge in [-0.25, -0.2) is 4.79 Å². The molecule has 0 aliphatic rings. The summed E-state index contributed by atoms with van der Waals surface area (Å²) in [5.74, 6) is -1.24. The van der Waals surface area contributed by atoms with Crippen molar-refractivity contribution in [1.82, 2.24) is 5.32 Å². The number of thioether (sulfide) groups is 1. The molecule has 5 nitrogen and oxygen atoms in total. The summed E-state index contributed by atoms with van der Waals surface area (Å²) in [5.41, 5.74) is 6.17. The average molecular weight is 640 g/mol. The molecule has 1 heterocycles. The first-order valence-electron chi connectivity index (χ1n) is 14.5. The van der Waals surface area contributed by atoms with Crippen molar-refractivity contribution < 1.29 is 32.3 Å². The van der Waals surface area contributed by atoms with E-state index in [0.29, 0.717) is 5.75 Å². The van der Waals surface area contributed by atoms with Gasteiger partial charge in [0.1, 0.15) is 17.2 Å². The SMILES string of the molecule is O=C(Cc1cccc(C(F)(F)F)c1)NC(CSCc1ccc(-c2ccc(-c3cccc4c3oc3ccccc34)cc2)cc1)C(=O)O. The van der Waals surface area contributed by atoms with Crippen molar-refractivity contribution in [3.63, 3.8) is 0 Å². The smallest absolute Gasteiger partial charge is 0.416 e. The number of hydrogen-bond donors (Lipinski definition) is 2. The minimum atomic E-state index is -4.53. The van der Waals surface area contributed by atoms with Gasteiger partial charge in [-0.15, -0.1) is 0 Å². The van der Waals surface area contributed by atoms with Crippen molar-refractivity contribution in [1.29, 1.82) is 0 Å². The second kappa shape index (κ2) is 13.1. The molecule has 9 heteroatoms. The van der Waals surface area contributed by atoms with Crippen molar-refractivity contribution in [2.75, 3.05) is 5.75 Å². The van der Waals surface area contributed by atoms with Crippen LogP contribution in [0.4, 0.5) is 13.2 Å². The van der Waals surface area contributed by atoms with Crippen LogP contribution in [-0.2, 0) is 27.9 Å². The zero-order valence-corrected chi connectivity index (χ0v) is 25.2. The van der Waals surface area contributed by atoms with Crippen molar-refractivity contribution in [3.05, 3.63) is 132 Å². The van der Waals surface area contributed by atoms with Gasteiger partial charge in [0.05, 0.1) is 12.0 Å². The standard InChI is InChI=1S/C37H28F3NO4S/c38-37(39,40)28-6-3-5-24(19-28)20-34(42)41-32(36(43)44)22-46-21-23-11-13-25(14-12-23)26-15-17-27(18-16-26)29-8-4-9-31-30-7-1-2-10-33(30)45-35(29)31/h1-19,32H,20-22H2,(H,41,42)(H,43,44). The maximum Gasteiger partial charge on any atom is 0.416 e. The topological polar surface area (TPSA) is 79.5 Å². The Hall–Kier alpha value is -5.02. The average Bonchev–Trinajstić information content (AvgIpc) is 3.43. The van der Waals surface area contributed by atoms with Gasteiger partial charge in [0, 0.05) is 27.8 Å². The Bertz CT molecular complexity index is 2020. The lowest BCUT2D eigenvalue weighted by molar-refractivity contribution is -0.141. The molecule has 1 atom stereocenters. The number of nitrogens with one attached hydrogen (secondary N) is 1. The lowest BCUT2D eigenvalue weighted by atomic mass is 9.98. The number of fused-ring (bicyclic) bond motifs is 3. The highest BCUT2D eigenvalue weighted by Crippen LogP contribution is 2.36. The molecule has 0 spiro atoms. The summed E-state index contributed by atoms with van der Waals surface area (Å²) in [6.45, 7) is 0. The van der Waals surface area contributed by atoms with Crippen LogP contribution in [0, 0.1) is 0 Å². The van der Waals surface area contributed by atoms with Crippen LogP contribution in [0.1, 0.15) is 16.7 Å². The number of carboxylic acids is 1. The molecule has 6 rings (SSSR count). The number of benzene rings is 5. The van der Waals surface area contributed by atoms with Crippen molar-refractivity contribution in [2.24, 2.45) is 0 Å². The summed E-state index contributed by atoms with van der Waals surface area (Å²) in [5, 5.41) is 14.2. The lowest BCUT2D eigenvalue weighted by Gasteiger charge is -2.15. The van der Waals surface area contributed by atoms with Gasteiger partial charge in [-0.05, 0) is 39.9 Å². The van der Waals surface area contributed by atoms with Gasteiger partial charge in [-0.3, -0.25) is 4.79 Å². The summed E-state index contributed by atoms with van der Waals surface area (Å²) in [4.78, 5) is 24.2. The van der Waals surface area contributed by atoms with E-state index in [1.165, 1.54) is 23.9 Å². The number of carbonyl (C=O) groups is 2. The predicted molar refractivity (Wildman–Crippen MR) is 175 cm³/mol. The first-order chi connectivity index (χ1) is 22.2. The third-order valence-electron chi connectivity index (χ3n) is 7.69. The van der Waals surface area contributed by atoms with Crippen LogP contribution in [-0.4, -0.2) is 28.8 Å². The molecule has 0 fully saturated rings. The summed E-state index contributed by atoms with van der Waals surface area (Å²) in [6.07, 6.45) is -4.88. The molecule has 1 aromatic heterocycles. The Labute approximate surface area is 267 Å². The van der Waals surface area contributed by atoms with E-state index in [9.17, 15) is 27.9 Å². The Morgan fingerprint density at radius 2 is 1.41 bits per heavy atom. The first-order valence-corrected chi connectivity index (χ1v) is 15.7. The van der Waals surface area contributed by atoms with Gasteiger partial charge in [0.25, 0.3) is 0 Å². The highest BCUT2D eigenvalue weighted by atomic mass is 32.2. The number of hydrogen-bond acceptors (Lipinski definition) is 4. The van der Waals surface area contributed by atoms with E-state index in [1.54, 1.807) is 0 Å². The largest absolute Gasteiger partial charge is 0.480 e. The lowest BCUT2D eigenvalue weighted by Crippen LogP contribution is -2.43. The van der Waals surface area contributed by atoms with Gasteiger partial charge >= 0.3 is 12.1 Å². The highest BCUT2D eigenvalue weighted by Gasteiger charge is 2.30. The van der Waals surface area contributed by atoms with E-state index >= 15 is 0 Å². The molecule has 1 amide bonds. The van der Waals surface area contributed by atoms with E-state index in [2.05, 4.69) is 47.8 Å². The first kappa shape index (κ1) is 31.0. The summed E-state index contributed by atoms with van der Waals surface area (Å²) in [6, 6.07) is 33.7. The molecule has 0 saturated carbocycles. The predicted octanol–water partition coefficient (Wildman–Crippen LogP) is 8.98. The summed E-state index contributed by atoms with van der Waals surface area (Å²) >= 11 is 1.35. The zero-order valence-electron chi connectivity index (χ0n) is 24.4. The zero-order chi connectivity index (χ0) is 32.3. The molecule has 0 aliphatic heterocycles. The highest BCUT2D eigenvalue weighted by molar-refractivity contribution is 7.98. The normalized spacial score (nSPS) is 12.3. The van der Waals surface area contributed by atoms with Gasteiger partial charge in [0.15, 0.2) is 0 Å². The molecule has 232 valence electrons. The summed E-state index contributed by atoms with van der Waals surface area (Å²) < 4.78 is 45.1. The molecule has 0 aliphatic carbocycles. The molecular formula is C37H28F3NO4S. The van der Waals surface area contributed by atoms with Gasteiger partial charge < -0.3 is 14.8 Å². The number of halogens is 3. The van der Waals surface area contributed by atoms with E-state index in [-0.39, 0.29) is 17.7 Å². The molecule has 0 saturated heterocycles. The fourth-order valence-electron chi connectivity index (χ4n) is 5.37. The number of alkyl halides is 3. The molecule has 0 bridgehead atoms. The minimum absolute atomic E-state index is 0.102. The van der Waals surface area contributed by atoms with Crippen molar-refractivity contribution >= 4 is 45.6 Å². The number of aliphatic carboxylic acids is 1. The van der Waals surface area contributed by atoms with Crippen LogP contribution in [0.3, 0.4) is 0 Å². The second-order valence-electron chi connectivity index (χ2n) is 10.9. The van der Waals surface area contributed by atoms with Crippen LogP contribution >= 0.6 is 11.8 Å². The molecule has 46 heavy (non-hydrogen) atoms. The van der Waals surface area contributed by atoms with Crippen LogP contribution in [0.25, 0.3) is 44.2 Å². The monoisotopic (exact) mass is 639 g/mol. The quantitative estimate of drug-likeness (QED) is 0.156. The number of furan rings is 1. The van der Waals surface area contributed by atoms with E-state index in [0.717, 1.165) is 61.9 Å². The van der Waals surface area contributed by atoms with E-state index in [1.807, 2.05) is 48.5 Å². The number of amides is 1.